The van der Waals surface area contributed by atoms with Gasteiger partial charge in [-0.15, -0.1) is 0 Å². The minimum absolute atomic E-state index is 0.0223. The number of hydrogen-bond acceptors (Lipinski definition) is 3. The third-order valence-electron chi connectivity index (χ3n) is 24.4. The molecule has 0 unspecified atom stereocenters. The monoisotopic (exact) mass is 1830 g/mol. The standard InChI is InChI=1S/C26H54Si4.C18H34Si2.C18H22.C18H30.C17H19NO.C12H15N.C8H18/c1-26(2,3)25-21(19-23(27(4,5)6)28(7,8)9)17-16-18-22(25)20-24(29(10,11)12)30(13,14)15;1-18(2,3)16-13-11-10-12-15(16)14-17(19(4,5)6)20(7,8)9;1-13-7-6-8-14(2)17(13)15-9-11-16(12-10-15)18(3,4)5;1-13-12-14(16(2,3)4)10-11-15(13)18(8,9)17(5,6)7;1-10-6-7-13-12-8-9-14(17(3,4)5)11(2)15(12)19-16(13)18-10;1-9-7-11(12(2,3)4)6-5-10(9)8-13;1-7(2,3)8(4,5)6/h16-18,23-24H,19-20H2,1-15H3;10-13,17H,14H2,1-9H3;6-12H,1-5H3;10-12H,1-9H3;6-9H,1-5H3;5-7H,1-4H3;1-6H3/i19D2,20D2;14D2;;5D3,6D3,10D,11D,12D;1D3;;1D3. The Hall–Kier alpha value is -5.72. The molecule has 0 aliphatic rings. The fourth-order valence-corrected chi connectivity index (χ4v) is 51.3. The number of aromatic nitrogens is 1. The highest BCUT2D eigenvalue weighted by Gasteiger charge is 2.43. The highest BCUT2D eigenvalue weighted by atomic mass is 28.4. The van der Waals surface area contributed by atoms with Crippen molar-refractivity contribution in [2.24, 2.45) is 16.2 Å². The Kier molecular flexibility index (Phi) is 28.1. The molecule has 126 heavy (non-hydrogen) atoms. The number of fused-ring (bicyclic) bond motifs is 3. The number of nitriles is 1. The number of rotatable bonds is 14. The molecule has 0 saturated carbocycles. The van der Waals surface area contributed by atoms with Gasteiger partial charge in [0.15, 0.2) is 0 Å². The van der Waals surface area contributed by atoms with Gasteiger partial charge in [-0.2, -0.15) is 5.26 Å². The second-order valence-corrected chi connectivity index (χ2v) is 84.4. The van der Waals surface area contributed by atoms with E-state index in [1.165, 1.54) is 59.7 Å². The van der Waals surface area contributed by atoms with Crippen molar-refractivity contribution >= 4 is 70.5 Å². The summed E-state index contributed by atoms with van der Waals surface area (Å²) in [7, 11) is -10.7. The summed E-state index contributed by atoms with van der Waals surface area (Å²) >= 11 is 0. The van der Waals surface area contributed by atoms with Crippen molar-refractivity contribution in [3.05, 3.63) is 240 Å². The zero-order valence-electron chi connectivity index (χ0n) is 110. The molecule has 7 aromatic carbocycles. The topological polar surface area (TPSA) is 49.8 Å². The van der Waals surface area contributed by atoms with Gasteiger partial charge in [0.25, 0.3) is 0 Å². The zero-order chi connectivity index (χ0) is 116. The number of hydrogen-bond donors (Lipinski definition) is 0. The molecule has 0 spiro atoms. The highest BCUT2D eigenvalue weighted by molar-refractivity contribution is 6.97. The van der Waals surface area contributed by atoms with E-state index < -0.39 is 117 Å². The van der Waals surface area contributed by atoms with E-state index in [4.69, 9.17) is 33.0 Å². The van der Waals surface area contributed by atoms with Crippen LogP contribution in [0, 0.1) is 69.0 Å². The Morgan fingerprint density at radius 3 is 1.16 bits per heavy atom. The molecule has 0 aliphatic carbocycles. The Morgan fingerprint density at radius 1 is 0.381 bits per heavy atom. The average Bonchev–Trinajstić information content (AvgIpc) is 1.62. The molecule has 0 radical (unpaired) electrons. The van der Waals surface area contributed by atoms with Crippen LogP contribution in [0.3, 0.4) is 0 Å². The first-order valence-electron chi connectivity index (χ1n) is 56.6. The van der Waals surface area contributed by atoms with Gasteiger partial charge in [0.05, 0.1) is 15.7 Å². The van der Waals surface area contributed by atoms with Crippen LogP contribution < -0.4 is 0 Å². The molecule has 3 nitrogen and oxygen atoms in total. The van der Waals surface area contributed by atoms with Crippen LogP contribution in [0.5, 0.6) is 0 Å². The largest absolute Gasteiger partial charge is 0.437 e. The SMILES string of the molecule is Cc1cc(C(C)(C)C)ccc1C#N.Cc1cccc(C)c1-c1ccc(C(C)(C)C)cc1.[2H]C([2H])([2H])C(C)(C)C(C)(C)C.[2H]C([2H])([2H])c1ccc2c(n1)oc1c(C)c(C(C)(C)C)ccc12.[2H]C([2H])(c1cccc(C([2H])([2H])C([Si](C)(C)C)[Si](C)(C)C)c1C(C)(C)C)C([Si](C)(C)C)[Si](C)(C)C.[2H]C([2H])(c1ccccc1C(C)(C)C)C([Si](C)(C)C)[Si](C)(C)C.[2H]c1c([2H])c(C(C)(C)C(C)(C([2H])([2H])[2H])C([2H])([2H])[2H])c(C)c([2H])c1C(C)(C)C. The molecule has 0 N–H and O–H groups in total. The van der Waals surface area contributed by atoms with Crippen LogP contribution in [0.15, 0.2) is 150 Å². The van der Waals surface area contributed by atoms with Crippen LogP contribution in [0.1, 0.15) is 324 Å². The van der Waals surface area contributed by atoms with Gasteiger partial charge in [0, 0.05) is 89.6 Å². The van der Waals surface area contributed by atoms with Crippen molar-refractivity contribution in [3.8, 4) is 17.2 Å². The van der Waals surface area contributed by atoms with Crippen molar-refractivity contribution in [1.82, 2.24) is 4.98 Å². The summed E-state index contributed by atoms with van der Waals surface area (Å²) in [5.41, 5.74) is 13.7. The number of aryl methyl sites for hydroxylation is 5. The van der Waals surface area contributed by atoms with Gasteiger partial charge in [0.2, 0.25) is 5.71 Å². The van der Waals surface area contributed by atoms with Gasteiger partial charge in [0.1, 0.15) is 5.58 Å². The molecule has 0 saturated heterocycles. The zero-order valence-corrected chi connectivity index (χ0v) is 95.2. The third-order valence-corrected chi connectivity index (χ3v) is 51.3. The average molecular weight is 1830 g/mol. The van der Waals surface area contributed by atoms with Crippen molar-refractivity contribution in [1.29, 1.82) is 5.26 Å². The summed E-state index contributed by atoms with van der Waals surface area (Å²) in [5, 5.41) is 10.8. The summed E-state index contributed by atoms with van der Waals surface area (Å²) < 4.78 is 180. The van der Waals surface area contributed by atoms with Crippen LogP contribution in [-0.4, -0.2) is 53.4 Å². The van der Waals surface area contributed by atoms with E-state index in [1.54, 1.807) is 32.9 Å². The number of nitrogens with zero attached hydrogens (tertiary/aromatic N) is 2. The summed E-state index contributed by atoms with van der Waals surface area (Å²) in [5.74, 6) is 0. The van der Waals surface area contributed by atoms with Crippen LogP contribution in [0.2, 0.25) is 133 Å². The maximum absolute atomic E-state index is 9.64. The van der Waals surface area contributed by atoms with Gasteiger partial charge >= 0.3 is 0 Å². The van der Waals surface area contributed by atoms with Crippen LogP contribution >= 0.6 is 0 Å². The highest BCUT2D eigenvalue weighted by Crippen LogP contribution is 2.47. The lowest BCUT2D eigenvalue weighted by Crippen LogP contribution is -2.45. The summed E-state index contributed by atoms with van der Waals surface area (Å²) in [6, 6.07) is 44.9. The molecule has 0 aliphatic heterocycles. The van der Waals surface area contributed by atoms with E-state index in [2.05, 4.69) is 307 Å². The first kappa shape index (κ1) is 83.4. The van der Waals surface area contributed by atoms with Crippen molar-refractivity contribution < 1.29 is 33.2 Å². The minimum atomic E-state index is -2.84. The lowest BCUT2D eigenvalue weighted by atomic mass is 9.64. The molecule has 0 atom stereocenters. The van der Waals surface area contributed by atoms with Crippen LogP contribution in [-0.2, 0) is 57.0 Å². The molecule has 700 valence electrons. The fraction of sp³-hybridized carbons (Fsp3) is 0.590. The molecule has 2 aromatic heterocycles. The molecule has 9 heteroatoms. The van der Waals surface area contributed by atoms with E-state index in [9.17, 15) is 5.48 Å². The summed E-state index contributed by atoms with van der Waals surface area (Å²) in [6.45, 7) is 93.7. The van der Waals surface area contributed by atoms with E-state index in [-0.39, 0.29) is 77.4 Å². The molecule has 0 fully saturated rings. The summed E-state index contributed by atoms with van der Waals surface area (Å²) in [4.78, 5) is 4.19. The lowest BCUT2D eigenvalue weighted by Gasteiger charge is -2.41. The fourth-order valence-electron chi connectivity index (χ4n) is 16.6. The molecule has 9 rings (SSSR count). The Bertz CT molecular complexity index is 5830. The second-order valence-electron chi connectivity index (χ2n) is 50.8. The molecule has 0 bridgehead atoms. The second kappa shape index (κ2) is 42.4. The van der Waals surface area contributed by atoms with Gasteiger partial charge in [-0.3, -0.25) is 0 Å². The molecule has 0 amide bonds. The Balaban J connectivity index is 0.000000451. The normalized spacial score (nSPS) is 16.5. The van der Waals surface area contributed by atoms with E-state index in [0.717, 1.165) is 60.9 Å². The quantitative estimate of drug-likeness (QED) is 0.102. The predicted octanol–water partition coefficient (Wildman–Crippen LogP) is 37.4. The van der Waals surface area contributed by atoms with Crippen molar-refractivity contribution in [2.45, 2.75) is 432 Å². The van der Waals surface area contributed by atoms with Gasteiger partial charge in [-0.05, 0) is 243 Å². The predicted molar refractivity (Wildman–Crippen MR) is 588 cm³/mol. The number of pyridine rings is 1. The Labute approximate surface area is 815 Å². The Morgan fingerprint density at radius 2 is 0.786 bits per heavy atom. The van der Waals surface area contributed by atoms with Gasteiger partial charge in [-0.1, -0.05) is 446 Å². The van der Waals surface area contributed by atoms with Gasteiger partial charge in [-0.25, -0.2) is 4.98 Å². The number of benzene rings is 7. The maximum Gasteiger partial charge on any atom is 0.227 e. The minimum Gasteiger partial charge on any atom is -0.437 e. The van der Waals surface area contributed by atoms with Crippen LogP contribution in [0.4, 0.5) is 0 Å². The lowest BCUT2D eigenvalue weighted by molar-refractivity contribution is 0.157. The summed E-state index contributed by atoms with van der Waals surface area (Å²) in [6.07, 6.45) is -4.23. The van der Waals surface area contributed by atoms with Gasteiger partial charge < -0.3 is 4.42 Å². The molecular formula is C117H192N2OSi6. The van der Waals surface area contributed by atoms with Crippen LogP contribution in [0.25, 0.3) is 33.2 Å². The first-order valence-corrected chi connectivity index (χ1v) is 67.6. The molecule has 9 aromatic rings. The van der Waals surface area contributed by atoms with E-state index in [1.807, 2.05) is 110 Å². The number of furan rings is 1. The van der Waals surface area contributed by atoms with Crippen molar-refractivity contribution in [3.63, 3.8) is 0 Å². The molecular weight excluding hydrogens is 1620 g/mol. The maximum atomic E-state index is 9.64. The van der Waals surface area contributed by atoms with E-state index >= 15 is 0 Å². The molecule has 2 heterocycles. The third kappa shape index (κ3) is 33.2. The first-order chi connectivity index (χ1) is 64.7. The van der Waals surface area contributed by atoms with Crippen molar-refractivity contribution in [2.75, 3.05) is 0 Å². The smallest absolute Gasteiger partial charge is 0.227 e. The van der Waals surface area contributed by atoms with E-state index in [0.29, 0.717) is 16.8 Å².